The first kappa shape index (κ1) is 9.11. The van der Waals surface area contributed by atoms with E-state index < -0.39 is 0 Å². The fourth-order valence-corrected chi connectivity index (χ4v) is 1.41. The van der Waals surface area contributed by atoms with Crippen LogP contribution in [0.15, 0.2) is 36.7 Å². The molecule has 0 aromatic rings. The molecule has 12 heavy (non-hydrogen) atoms. The van der Waals surface area contributed by atoms with E-state index in [0.29, 0.717) is 12.0 Å². The second-order valence-electron chi connectivity index (χ2n) is 3.39. The van der Waals surface area contributed by atoms with Crippen LogP contribution in [0.2, 0.25) is 0 Å². The number of allylic oxidation sites excluding steroid dienone is 3. The Morgan fingerprint density at radius 1 is 1.33 bits per heavy atom. The maximum absolute atomic E-state index is 2.24. The SMILES string of the molecule is C/C=C\N1C=CC=CC1C(C)C. The highest BCUT2D eigenvalue weighted by atomic mass is 15.1. The van der Waals surface area contributed by atoms with E-state index in [2.05, 4.69) is 55.5 Å². The van der Waals surface area contributed by atoms with Gasteiger partial charge in [0.15, 0.2) is 0 Å². The lowest BCUT2D eigenvalue weighted by atomic mass is 10.0. The lowest BCUT2D eigenvalue weighted by Crippen LogP contribution is -2.30. The Morgan fingerprint density at radius 2 is 2.08 bits per heavy atom. The Hall–Kier alpha value is -0.980. The van der Waals surface area contributed by atoms with Crippen molar-refractivity contribution in [3.8, 4) is 0 Å². The summed E-state index contributed by atoms with van der Waals surface area (Å²) in [4.78, 5) is 2.24. The normalized spacial score (nSPS) is 23.0. The average molecular weight is 163 g/mol. The molecule has 1 aliphatic rings. The van der Waals surface area contributed by atoms with Gasteiger partial charge in [-0.05, 0) is 25.1 Å². The minimum absolute atomic E-state index is 0.520. The van der Waals surface area contributed by atoms with E-state index in [1.54, 1.807) is 0 Å². The van der Waals surface area contributed by atoms with E-state index in [0.717, 1.165) is 0 Å². The predicted molar refractivity (Wildman–Crippen MR) is 53.6 cm³/mol. The zero-order valence-electron chi connectivity index (χ0n) is 8.07. The first-order valence-electron chi connectivity index (χ1n) is 4.51. The monoisotopic (exact) mass is 163 g/mol. The molecule has 0 aromatic carbocycles. The number of rotatable bonds is 2. The zero-order chi connectivity index (χ0) is 8.97. The summed E-state index contributed by atoms with van der Waals surface area (Å²) in [6, 6.07) is 0.520. The molecule has 0 spiro atoms. The van der Waals surface area contributed by atoms with E-state index in [1.807, 2.05) is 6.92 Å². The highest BCUT2D eigenvalue weighted by molar-refractivity contribution is 5.16. The minimum Gasteiger partial charge on any atom is -0.348 e. The van der Waals surface area contributed by atoms with Crippen LogP contribution in [0.4, 0.5) is 0 Å². The maximum Gasteiger partial charge on any atom is 0.0536 e. The van der Waals surface area contributed by atoms with Crippen molar-refractivity contribution >= 4 is 0 Å². The highest BCUT2D eigenvalue weighted by Crippen LogP contribution is 2.16. The van der Waals surface area contributed by atoms with Gasteiger partial charge in [-0.3, -0.25) is 0 Å². The molecule has 0 saturated carbocycles. The van der Waals surface area contributed by atoms with Gasteiger partial charge in [0.05, 0.1) is 6.04 Å². The largest absolute Gasteiger partial charge is 0.348 e. The van der Waals surface area contributed by atoms with Crippen LogP contribution < -0.4 is 0 Å². The first-order chi connectivity index (χ1) is 5.75. The number of hydrogen-bond acceptors (Lipinski definition) is 1. The van der Waals surface area contributed by atoms with Gasteiger partial charge < -0.3 is 4.90 Å². The minimum atomic E-state index is 0.520. The molecular weight excluding hydrogens is 146 g/mol. The van der Waals surface area contributed by atoms with Gasteiger partial charge in [0, 0.05) is 6.20 Å². The molecule has 1 heteroatoms. The number of hydrogen-bond donors (Lipinski definition) is 0. The third-order valence-corrected chi connectivity index (χ3v) is 2.03. The van der Waals surface area contributed by atoms with E-state index in [4.69, 9.17) is 0 Å². The van der Waals surface area contributed by atoms with Crippen LogP contribution in [0.25, 0.3) is 0 Å². The van der Waals surface area contributed by atoms with Crippen molar-refractivity contribution in [1.82, 2.24) is 4.90 Å². The van der Waals surface area contributed by atoms with Crippen molar-refractivity contribution in [2.75, 3.05) is 0 Å². The van der Waals surface area contributed by atoms with Crippen molar-refractivity contribution in [3.63, 3.8) is 0 Å². The molecule has 66 valence electrons. The van der Waals surface area contributed by atoms with Gasteiger partial charge in [-0.15, -0.1) is 0 Å². The van der Waals surface area contributed by atoms with E-state index >= 15 is 0 Å². The van der Waals surface area contributed by atoms with Crippen molar-refractivity contribution in [2.45, 2.75) is 26.8 Å². The van der Waals surface area contributed by atoms with Gasteiger partial charge in [-0.2, -0.15) is 0 Å². The summed E-state index contributed by atoms with van der Waals surface area (Å²) in [7, 11) is 0. The lowest BCUT2D eigenvalue weighted by molar-refractivity contribution is 0.337. The molecular formula is C11H17N. The summed E-state index contributed by atoms with van der Waals surface area (Å²) in [5, 5.41) is 0. The van der Waals surface area contributed by atoms with Gasteiger partial charge in [-0.25, -0.2) is 0 Å². The molecule has 1 rings (SSSR count). The van der Waals surface area contributed by atoms with Crippen molar-refractivity contribution in [3.05, 3.63) is 36.7 Å². The molecule has 0 saturated heterocycles. The summed E-state index contributed by atoms with van der Waals surface area (Å²) >= 11 is 0. The molecule has 0 aliphatic carbocycles. The van der Waals surface area contributed by atoms with Gasteiger partial charge in [-0.1, -0.05) is 32.1 Å². The summed E-state index contributed by atoms with van der Waals surface area (Å²) in [6.07, 6.45) is 12.7. The van der Waals surface area contributed by atoms with Gasteiger partial charge in [0.25, 0.3) is 0 Å². The molecule has 1 aliphatic heterocycles. The molecule has 0 radical (unpaired) electrons. The van der Waals surface area contributed by atoms with E-state index in [9.17, 15) is 0 Å². The second kappa shape index (κ2) is 4.15. The molecule has 1 unspecified atom stereocenters. The predicted octanol–water partition coefficient (Wildman–Crippen LogP) is 2.93. The van der Waals surface area contributed by atoms with Gasteiger partial charge in [0.2, 0.25) is 0 Å². The Bertz CT molecular complexity index is 211. The molecule has 0 fully saturated rings. The molecule has 1 heterocycles. The van der Waals surface area contributed by atoms with Crippen LogP contribution in [-0.2, 0) is 0 Å². The Kier molecular flexibility index (Phi) is 3.15. The Morgan fingerprint density at radius 3 is 2.67 bits per heavy atom. The fourth-order valence-electron chi connectivity index (χ4n) is 1.41. The standard InChI is InChI=1S/C11H17N/c1-4-8-12-9-6-5-7-11(12)10(2)3/h4-11H,1-3H3/b8-4-. The topological polar surface area (TPSA) is 3.24 Å². The van der Waals surface area contributed by atoms with Crippen LogP contribution in [-0.4, -0.2) is 10.9 Å². The average Bonchev–Trinajstić information content (AvgIpc) is 2.05. The maximum atomic E-state index is 2.24. The summed E-state index contributed by atoms with van der Waals surface area (Å²) in [5.74, 6) is 0.655. The quantitative estimate of drug-likeness (QED) is 0.605. The highest BCUT2D eigenvalue weighted by Gasteiger charge is 2.15. The Balaban J connectivity index is 2.70. The third kappa shape index (κ3) is 2.00. The smallest absolute Gasteiger partial charge is 0.0536 e. The second-order valence-corrected chi connectivity index (χ2v) is 3.39. The molecule has 0 aromatic heterocycles. The van der Waals surface area contributed by atoms with Gasteiger partial charge in [0.1, 0.15) is 0 Å². The molecule has 1 atom stereocenters. The molecule has 0 amide bonds. The molecule has 1 nitrogen and oxygen atoms in total. The van der Waals surface area contributed by atoms with Gasteiger partial charge >= 0.3 is 0 Å². The summed E-state index contributed by atoms with van der Waals surface area (Å²) in [5.41, 5.74) is 0. The first-order valence-corrected chi connectivity index (χ1v) is 4.51. The van der Waals surface area contributed by atoms with Crippen LogP contribution >= 0.6 is 0 Å². The van der Waals surface area contributed by atoms with Crippen molar-refractivity contribution in [2.24, 2.45) is 5.92 Å². The Labute approximate surface area is 75.1 Å². The fraction of sp³-hybridized carbons (Fsp3) is 0.455. The van der Waals surface area contributed by atoms with Crippen LogP contribution in [0.1, 0.15) is 20.8 Å². The third-order valence-electron chi connectivity index (χ3n) is 2.03. The molecule has 0 N–H and O–H groups in total. The van der Waals surface area contributed by atoms with Crippen molar-refractivity contribution < 1.29 is 0 Å². The number of nitrogens with zero attached hydrogens (tertiary/aromatic N) is 1. The summed E-state index contributed by atoms with van der Waals surface area (Å²) in [6.45, 7) is 6.53. The molecule has 0 bridgehead atoms. The van der Waals surface area contributed by atoms with E-state index in [1.165, 1.54) is 0 Å². The van der Waals surface area contributed by atoms with E-state index in [-0.39, 0.29) is 0 Å². The van der Waals surface area contributed by atoms with Crippen LogP contribution in [0.5, 0.6) is 0 Å². The van der Waals surface area contributed by atoms with Crippen LogP contribution in [0, 0.1) is 5.92 Å². The van der Waals surface area contributed by atoms with Crippen LogP contribution in [0.3, 0.4) is 0 Å². The van der Waals surface area contributed by atoms with Crippen molar-refractivity contribution in [1.29, 1.82) is 0 Å². The summed E-state index contributed by atoms with van der Waals surface area (Å²) < 4.78 is 0. The zero-order valence-corrected chi connectivity index (χ0v) is 8.07. The lowest BCUT2D eigenvalue weighted by Gasteiger charge is -2.30.